The first kappa shape index (κ1) is 37.5. The van der Waals surface area contributed by atoms with Crippen LogP contribution in [-0.4, -0.2) is 70.9 Å². The highest BCUT2D eigenvalue weighted by Gasteiger charge is 2.38. The molecule has 0 saturated carbocycles. The van der Waals surface area contributed by atoms with Crippen LogP contribution >= 0.6 is 0 Å². The summed E-state index contributed by atoms with van der Waals surface area (Å²) in [5.74, 6) is -2.74. The van der Waals surface area contributed by atoms with Gasteiger partial charge in [0.05, 0.1) is 6.04 Å². The number of rotatable bonds is 19. The average molecular weight is 640 g/mol. The number of hydrogen-bond donors (Lipinski definition) is 10. The summed E-state index contributed by atoms with van der Waals surface area (Å²) in [4.78, 5) is 53.1. The van der Waals surface area contributed by atoms with Crippen LogP contribution < -0.4 is 44.2 Å². The van der Waals surface area contributed by atoms with Crippen LogP contribution in [-0.2, 0) is 32.0 Å². The van der Waals surface area contributed by atoms with E-state index in [4.69, 9.17) is 28.3 Å². The number of benzene rings is 2. The largest absolute Gasteiger partial charge is 0.508 e. The van der Waals surface area contributed by atoms with Gasteiger partial charge in [0.1, 0.15) is 23.4 Å². The fourth-order valence-electron chi connectivity index (χ4n) is 4.79. The lowest BCUT2D eigenvalue weighted by Crippen LogP contribution is -2.63. The maximum atomic E-state index is 13.9. The van der Waals surface area contributed by atoms with E-state index < -0.39 is 47.3 Å². The van der Waals surface area contributed by atoms with E-state index >= 15 is 0 Å². The van der Waals surface area contributed by atoms with Gasteiger partial charge >= 0.3 is 0 Å². The molecular weight excluding hydrogens is 590 g/mol. The number of aromatic hydroxyl groups is 1. The Bertz CT molecular complexity index is 1310. The molecule has 14 N–H and O–H groups in total. The van der Waals surface area contributed by atoms with Crippen molar-refractivity contribution in [3.63, 3.8) is 0 Å². The summed E-state index contributed by atoms with van der Waals surface area (Å²) >= 11 is 0. The normalized spacial score (nSPS) is 14.9. The third kappa shape index (κ3) is 13.1. The van der Waals surface area contributed by atoms with Crippen molar-refractivity contribution in [3.8, 4) is 5.75 Å². The molecule has 14 nitrogen and oxygen atoms in total. The molecule has 2 aromatic carbocycles. The fraction of sp³-hybridized carbons (Fsp3) is 0.469. The van der Waals surface area contributed by atoms with Crippen LogP contribution in [0.2, 0.25) is 0 Å². The molecule has 46 heavy (non-hydrogen) atoms. The molecule has 2 rings (SSSR count). The Kier molecular flexibility index (Phi) is 14.9. The van der Waals surface area contributed by atoms with Crippen LogP contribution in [0.3, 0.4) is 0 Å². The molecule has 0 bridgehead atoms. The van der Waals surface area contributed by atoms with Crippen molar-refractivity contribution in [2.24, 2.45) is 22.9 Å². The zero-order valence-corrected chi connectivity index (χ0v) is 26.6. The third-order valence-electron chi connectivity index (χ3n) is 7.52. The molecule has 0 aliphatic carbocycles. The molecule has 4 amide bonds. The van der Waals surface area contributed by atoms with Crippen molar-refractivity contribution in [2.45, 2.75) is 88.5 Å². The number of amides is 4. The Morgan fingerprint density at radius 1 is 0.848 bits per heavy atom. The minimum Gasteiger partial charge on any atom is -0.508 e. The van der Waals surface area contributed by atoms with Crippen molar-refractivity contribution >= 4 is 29.6 Å². The number of guanidine groups is 1. The van der Waals surface area contributed by atoms with Gasteiger partial charge in [-0.2, -0.15) is 0 Å². The lowest BCUT2D eigenvalue weighted by Gasteiger charge is -2.33. The first-order valence-electron chi connectivity index (χ1n) is 15.3. The van der Waals surface area contributed by atoms with Crippen molar-refractivity contribution in [3.05, 3.63) is 65.7 Å². The lowest BCUT2D eigenvalue weighted by molar-refractivity contribution is -0.137. The molecule has 0 spiro atoms. The second kappa shape index (κ2) is 18.3. The quantitative estimate of drug-likeness (QED) is 0.0544. The second-order valence-corrected chi connectivity index (χ2v) is 11.8. The van der Waals surface area contributed by atoms with Crippen LogP contribution in [0.5, 0.6) is 5.75 Å². The topological polar surface area (TPSA) is 265 Å². The average Bonchev–Trinajstić information content (AvgIpc) is 2.99. The van der Waals surface area contributed by atoms with Crippen molar-refractivity contribution in [1.82, 2.24) is 21.3 Å². The van der Waals surface area contributed by atoms with E-state index in [9.17, 15) is 24.3 Å². The zero-order valence-electron chi connectivity index (χ0n) is 26.6. The van der Waals surface area contributed by atoms with E-state index in [0.717, 1.165) is 5.56 Å². The fourth-order valence-corrected chi connectivity index (χ4v) is 4.79. The third-order valence-corrected chi connectivity index (χ3v) is 7.52. The number of nitrogens with one attached hydrogen (secondary N) is 5. The van der Waals surface area contributed by atoms with Crippen molar-refractivity contribution in [2.75, 3.05) is 6.54 Å². The maximum absolute atomic E-state index is 13.9. The minimum absolute atomic E-state index is 0.0336. The van der Waals surface area contributed by atoms with Gasteiger partial charge in [0, 0.05) is 25.4 Å². The predicted octanol–water partition coefficient (Wildman–Crippen LogP) is -0.385. The Labute approximate surface area is 269 Å². The predicted molar refractivity (Wildman–Crippen MR) is 176 cm³/mol. The minimum atomic E-state index is -1.51. The van der Waals surface area contributed by atoms with Gasteiger partial charge in [-0.3, -0.25) is 24.6 Å². The van der Waals surface area contributed by atoms with Crippen LogP contribution in [0.1, 0.15) is 57.1 Å². The molecule has 252 valence electrons. The molecule has 0 aliphatic rings. The summed E-state index contributed by atoms with van der Waals surface area (Å²) in [6.07, 6.45) is 2.14. The van der Waals surface area contributed by atoms with E-state index in [0.29, 0.717) is 31.4 Å². The van der Waals surface area contributed by atoms with Crippen LogP contribution in [0.4, 0.5) is 0 Å². The van der Waals surface area contributed by atoms with Crippen LogP contribution in [0.25, 0.3) is 0 Å². The number of hydrogen-bond acceptors (Lipinski definition) is 8. The molecule has 0 aromatic heterocycles. The van der Waals surface area contributed by atoms with Gasteiger partial charge < -0.3 is 49.3 Å². The van der Waals surface area contributed by atoms with E-state index in [-0.39, 0.29) is 43.4 Å². The van der Waals surface area contributed by atoms with Crippen LogP contribution in [0.15, 0.2) is 54.6 Å². The molecule has 0 heterocycles. The van der Waals surface area contributed by atoms with Gasteiger partial charge in [-0.05, 0) is 69.2 Å². The first-order valence-corrected chi connectivity index (χ1v) is 15.3. The first-order chi connectivity index (χ1) is 21.7. The van der Waals surface area contributed by atoms with Crippen molar-refractivity contribution in [1.29, 1.82) is 5.41 Å². The molecule has 5 atom stereocenters. The standard InChI is InChI=1S/C32H49N9O5/c1-20(33)8-6-16-32(2,30(46)40-25(27(35)43)18-21-9-4-3-5-10-21)41-29(45)26(19-22-12-14-23(42)15-13-22)39-28(44)24(34)11-7-17-38-31(36)37/h3-5,9-10,12-15,20,24-26,42H,6-8,11,16-19,33-34H2,1-2H3,(H2,35,43)(H,39,44)(H,40,46)(H,41,45)(H4,36,37,38)/t20?,24-,25+,26+,32+/m1/s1. The van der Waals surface area contributed by atoms with E-state index in [1.54, 1.807) is 19.1 Å². The molecule has 2 aromatic rings. The van der Waals surface area contributed by atoms with Crippen LogP contribution in [0, 0.1) is 5.41 Å². The Morgan fingerprint density at radius 2 is 1.46 bits per heavy atom. The second-order valence-electron chi connectivity index (χ2n) is 11.8. The number of phenols is 1. The monoisotopic (exact) mass is 639 g/mol. The van der Waals surface area contributed by atoms with E-state index in [1.165, 1.54) is 12.1 Å². The van der Waals surface area contributed by atoms with Gasteiger partial charge in [0.25, 0.3) is 0 Å². The maximum Gasteiger partial charge on any atom is 0.246 e. The number of primary amides is 1. The number of carbonyl (C=O) groups excluding carboxylic acids is 4. The van der Waals surface area contributed by atoms with Crippen molar-refractivity contribution < 1.29 is 24.3 Å². The SMILES string of the molecule is CC(N)CCC[C@](C)(NC(=O)[C@H](Cc1ccc(O)cc1)NC(=O)[C@H](N)CCCNC(=N)N)C(=O)N[C@@H](Cc1ccccc1)C(N)=O. The van der Waals surface area contributed by atoms with Gasteiger partial charge in [0.2, 0.25) is 23.6 Å². The highest BCUT2D eigenvalue weighted by Crippen LogP contribution is 2.18. The molecular formula is C32H49N9O5. The summed E-state index contributed by atoms with van der Waals surface area (Å²) in [6.45, 7) is 3.73. The lowest BCUT2D eigenvalue weighted by atomic mass is 9.90. The molecule has 1 unspecified atom stereocenters. The summed E-state index contributed by atoms with van der Waals surface area (Å²) in [5.41, 5.74) is 22.9. The van der Waals surface area contributed by atoms with E-state index in [1.807, 2.05) is 37.3 Å². The summed E-state index contributed by atoms with van der Waals surface area (Å²) in [6, 6.07) is 11.9. The van der Waals surface area contributed by atoms with E-state index in [2.05, 4.69) is 21.3 Å². The molecule has 0 radical (unpaired) electrons. The summed E-state index contributed by atoms with van der Waals surface area (Å²) in [5, 5.41) is 27.8. The highest BCUT2D eigenvalue weighted by atomic mass is 16.3. The highest BCUT2D eigenvalue weighted by molar-refractivity contribution is 5.96. The Balaban J connectivity index is 2.29. The molecule has 0 saturated heterocycles. The summed E-state index contributed by atoms with van der Waals surface area (Å²) < 4.78 is 0. The van der Waals surface area contributed by atoms with Gasteiger partial charge in [0.15, 0.2) is 5.96 Å². The number of carbonyl (C=O) groups is 4. The molecule has 14 heteroatoms. The van der Waals surface area contributed by atoms with Gasteiger partial charge in [-0.25, -0.2) is 0 Å². The molecule has 0 aliphatic heterocycles. The molecule has 0 fully saturated rings. The zero-order chi connectivity index (χ0) is 34.3. The van der Waals surface area contributed by atoms with Gasteiger partial charge in [-0.15, -0.1) is 0 Å². The number of phenolic OH excluding ortho intramolecular Hbond substituents is 1. The Morgan fingerprint density at radius 3 is 2.04 bits per heavy atom. The van der Waals surface area contributed by atoms with Gasteiger partial charge in [-0.1, -0.05) is 42.5 Å². The Hall–Kier alpha value is -4.69. The number of nitrogens with two attached hydrogens (primary N) is 4. The smallest absolute Gasteiger partial charge is 0.246 e. The summed E-state index contributed by atoms with van der Waals surface area (Å²) in [7, 11) is 0.